The van der Waals surface area contributed by atoms with Crippen molar-refractivity contribution in [2.24, 2.45) is 0 Å². The van der Waals surface area contributed by atoms with E-state index >= 15 is 0 Å². The largest absolute Gasteiger partial charge is 0.174 e. The molecule has 0 spiro atoms. The summed E-state index contributed by atoms with van der Waals surface area (Å²) < 4.78 is 0. The number of fused-ring (bicyclic) bond motifs is 3. The van der Waals surface area contributed by atoms with Gasteiger partial charge in [-0.05, 0) is 39.8 Å². The third-order valence-corrected chi connectivity index (χ3v) is 6.52. The summed E-state index contributed by atoms with van der Waals surface area (Å²) in [4.78, 5) is 0. The molecule has 2 aliphatic carbocycles. The van der Waals surface area contributed by atoms with E-state index in [1.807, 2.05) is 0 Å². The predicted molar refractivity (Wildman–Crippen MR) is 92.9 cm³/mol. The lowest BCUT2D eigenvalue weighted by molar-refractivity contribution is 1.16. The first kappa shape index (κ1) is 13.1. The Morgan fingerprint density at radius 2 is 1.76 bits per heavy atom. The average molecular weight is 308 g/mol. The highest BCUT2D eigenvalue weighted by atomic mass is 35.6. The molecule has 0 fully saturated rings. The average Bonchev–Trinajstić information content (AvgIpc) is 3.12. The molecule has 2 aromatic rings. The zero-order valence-electron chi connectivity index (χ0n) is 11.9. The van der Waals surface area contributed by atoms with Crippen LogP contribution in [0.1, 0.15) is 28.7 Å². The molecule has 0 nitrogen and oxygen atoms in total. The molecule has 2 heteroatoms. The molecule has 103 valence electrons. The molecule has 0 aliphatic heterocycles. The molecule has 0 saturated carbocycles. The van der Waals surface area contributed by atoms with Gasteiger partial charge in [0.2, 0.25) is 0 Å². The van der Waals surface area contributed by atoms with Crippen molar-refractivity contribution in [1.82, 2.24) is 0 Å². The molecular weight excluding hydrogens is 292 g/mol. The van der Waals surface area contributed by atoms with Crippen LogP contribution in [0.2, 0.25) is 6.55 Å². The van der Waals surface area contributed by atoms with Crippen molar-refractivity contribution < 1.29 is 0 Å². The van der Waals surface area contributed by atoms with Gasteiger partial charge in [-0.1, -0.05) is 67.2 Å². The molecular formula is C19H16ClSi. The summed E-state index contributed by atoms with van der Waals surface area (Å²) in [5, 5.41) is 0. The van der Waals surface area contributed by atoms with E-state index in [0.717, 1.165) is 6.42 Å². The van der Waals surface area contributed by atoms with Gasteiger partial charge in [0.1, 0.15) is 0 Å². The fourth-order valence-electron chi connectivity index (χ4n) is 3.60. The van der Waals surface area contributed by atoms with Gasteiger partial charge in [0, 0.05) is 5.54 Å². The van der Waals surface area contributed by atoms with Crippen molar-refractivity contribution in [3.05, 3.63) is 77.4 Å². The molecule has 1 unspecified atom stereocenters. The summed E-state index contributed by atoms with van der Waals surface area (Å²) in [7, 11) is -0.962. The molecule has 2 aromatic carbocycles. The number of rotatable bonds is 2. The van der Waals surface area contributed by atoms with Crippen molar-refractivity contribution in [2.75, 3.05) is 0 Å². The first-order valence-corrected chi connectivity index (χ1v) is 10.4. The molecule has 0 amide bonds. The second-order valence-electron chi connectivity index (χ2n) is 5.70. The maximum absolute atomic E-state index is 6.68. The molecule has 1 atom stereocenters. The molecule has 0 N–H and O–H groups in total. The Labute approximate surface area is 132 Å². The summed E-state index contributed by atoms with van der Waals surface area (Å²) in [6.45, 7) is 2.21. The summed E-state index contributed by atoms with van der Waals surface area (Å²) in [5.74, 6) is 0. The van der Waals surface area contributed by atoms with E-state index in [1.165, 1.54) is 33.4 Å². The Morgan fingerprint density at radius 3 is 2.52 bits per heavy atom. The van der Waals surface area contributed by atoms with E-state index in [0.29, 0.717) is 5.54 Å². The van der Waals surface area contributed by atoms with Crippen LogP contribution in [-0.4, -0.2) is 8.11 Å². The Balaban J connectivity index is 1.98. The van der Waals surface area contributed by atoms with Gasteiger partial charge in [0.25, 0.3) is 0 Å². The quantitative estimate of drug-likeness (QED) is 0.504. The van der Waals surface area contributed by atoms with Gasteiger partial charge in [-0.25, -0.2) is 0 Å². The molecule has 4 rings (SSSR count). The number of halogens is 1. The van der Waals surface area contributed by atoms with Gasteiger partial charge in [0.05, 0.1) is 0 Å². The Morgan fingerprint density at radius 1 is 1.00 bits per heavy atom. The summed E-state index contributed by atoms with van der Waals surface area (Å²) in [5.41, 5.74) is 8.83. The van der Waals surface area contributed by atoms with Crippen LogP contribution in [0, 0.1) is 0 Å². The van der Waals surface area contributed by atoms with Crippen LogP contribution in [0.15, 0.2) is 60.7 Å². The Bertz CT molecular complexity index is 771. The number of hydrogen-bond acceptors (Lipinski definition) is 0. The van der Waals surface area contributed by atoms with Crippen LogP contribution in [0.25, 0.3) is 16.7 Å². The van der Waals surface area contributed by atoms with E-state index in [-0.39, 0.29) is 0 Å². The van der Waals surface area contributed by atoms with E-state index < -0.39 is 8.11 Å². The Kier molecular flexibility index (Phi) is 3.13. The topological polar surface area (TPSA) is 0 Å². The standard InChI is InChI=1S/C19H16ClSi/c1-21(20)19-17-10-5-4-9-15(17)16-12-6-11-14(18(16)19)13-7-2-3-8-13/h2-7,9-12,19H,8H2,1H3. The number of hydrogen-bond donors (Lipinski definition) is 0. The summed E-state index contributed by atoms with van der Waals surface area (Å²) in [6, 6.07) is 15.5. The van der Waals surface area contributed by atoms with Crippen LogP contribution in [0.3, 0.4) is 0 Å². The molecule has 0 bridgehead atoms. The Hall–Kier alpha value is -1.57. The highest BCUT2D eigenvalue weighted by molar-refractivity contribution is 7.07. The van der Waals surface area contributed by atoms with Crippen LogP contribution >= 0.6 is 11.1 Å². The smallest absolute Gasteiger partial charge is 0.168 e. The predicted octanol–water partition coefficient (Wildman–Crippen LogP) is 5.54. The lowest BCUT2D eigenvalue weighted by Gasteiger charge is -2.18. The van der Waals surface area contributed by atoms with E-state index in [4.69, 9.17) is 11.1 Å². The van der Waals surface area contributed by atoms with Crippen LogP contribution in [0.4, 0.5) is 0 Å². The first-order chi connectivity index (χ1) is 10.3. The molecule has 0 aromatic heterocycles. The van der Waals surface area contributed by atoms with Crippen molar-refractivity contribution in [2.45, 2.75) is 18.5 Å². The molecule has 0 heterocycles. The third-order valence-electron chi connectivity index (χ3n) is 4.47. The lowest BCUT2D eigenvalue weighted by atomic mass is 9.95. The normalized spacial score (nSPS) is 18.8. The van der Waals surface area contributed by atoms with E-state index in [1.54, 1.807) is 0 Å². The van der Waals surface area contributed by atoms with Gasteiger partial charge in [-0.3, -0.25) is 0 Å². The minimum Gasteiger partial charge on any atom is -0.168 e. The maximum Gasteiger partial charge on any atom is 0.174 e. The monoisotopic (exact) mass is 307 g/mol. The minimum absolute atomic E-state index is 0.389. The van der Waals surface area contributed by atoms with Crippen molar-refractivity contribution in [3.8, 4) is 11.1 Å². The molecule has 1 radical (unpaired) electrons. The fourth-order valence-corrected chi connectivity index (χ4v) is 5.67. The van der Waals surface area contributed by atoms with Crippen LogP contribution in [-0.2, 0) is 0 Å². The van der Waals surface area contributed by atoms with Gasteiger partial charge >= 0.3 is 0 Å². The van der Waals surface area contributed by atoms with Crippen molar-refractivity contribution in [3.63, 3.8) is 0 Å². The zero-order chi connectivity index (χ0) is 14.4. The maximum atomic E-state index is 6.68. The zero-order valence-corrected chi connectivity index (χ0v) is 13.7. The van der Waals surface area contributed by atoms with Gasteiger partial charge in [-0.2, -0.15) is 11.1 Å². The highest BCUT2D eigenvalue weighted by Gasteiger charge is 2.35. The molecule has 21 heavy (non-hydrogen) atoms. The lowest BCUT2D eigenvalue weighted by Crippen LogP contribution is -2.14. The molecule has 0 saturated heterocycles. The van der Waals surface area contributed by atoms with E-state index in [9.17, 15) is 0 Å². The second-order valence-corrected chi connectivity index (χ2v) is 9.24. The van der Waals surface area contributed by atoms with Crippen molar-refractivity contribution in [1.29, 1.82) is 0 Å². The summed E-state index contributed by atoms with van der Waals surface area (Å²) in [6.07, 6.45) is 7.66. The number of benzene rings is 2. The molecule has 2 aliphatic rings. The number of allylic oxidation sites excluding steroid dienone is 4. The summed E-state index contributed by atoms with van der Waals surface area (Å²) >= 11 is 6.68. The highest BCUT2D eigenvalue weighted by Crippen LogP contribution is 2.49. The van der Waals surface area contributed by atoms with Gasteiger partial charge < -0.3 is 0 Å². The minimum atomic E-state index is -0.962. The second kappa shape index (κ2) is 5.01. The SMILES string of the molecule is C[Si](Cl)C1c2ccccc2-c2cccc(C3=CC=CC3)c21. The van der Waals surface area contributed by atoms with Crippen LogP contribution < -0.4 is 0 Å². The van der Waals surface area contributed by atoms with Gasteiger partial charge in [-0.15, -0.1) is 0 Å². The fraction of sp³-hybridized carbons (Fsp3) is 0.158. The first-order valence-electron chi connectivity index (χ1n) is 7.34. The van der Waals surface area contributed by atoms with E-state index in [2.05, 4.69) is 67.2 Å². The third kappa shape index (κ3) is 1.96. The van der Waals surface area contributed by atoms with Crippen LogP contribution in [0.5, 0.6) is 0 Å². The van der Waals surface area contributed by atoms with Crippen molar-refractivity contribution >= 4 is 24.8 Å². The van der Waals surface area contributed by atoms with Gasteiger partial charge in [0.15, 0.2) is 8.11 Å².